The zero-order chi connectivity index (χ0) is 11.9. The first-order chi connectivity index (χ1) is 7.72. The minimum atomic E-state index is -0.0867. The van der Waals surface area contributed by atoms with Gasteiger partial charge in [-0.1, -0.05) is 0 Å². The van der Waals surface area contributed by atoms with E-state index in [4.69, 9.17) is 9.47 Å². The molecule has 0 aromatic rings. The van der Waals surface area contributed by atoms with E-state index < -0.39 is 0 Å². The maximum absolute atomic E-state index is 11.4. The highest BCUT2D eigenvalue weighted by Crippen LogP contribution is 2.18. The van der Waals surface area contributed by atoms with E-state index in [0.29, 0.717) is 19.8 Å². The molecule has 5 heteroatoms. The molecule has 16 heavy (non-hydrogen) atoms. The van der Waals surface area contributed by atoms with Crippen LogP contribution in [0, 0.1) is 0 Å². The zero-order valence-corrected chi connectivity index (χ0v) is 10.2. The Morgan fingerprint density at radius 1 is 1.56 bits per heavy atom. The van der Waals surface area contributed by atoms with Crippen LogP contribution in [0.3, 0.4) is 0 Å². The molecule has 1 heterocycles. The van der Waals surface area contributed by atoms with E-state index in [9.17, 15) is 4.79 Å². The third-order valence-electron chi connectivity index (χ3n) is 2.81. The molecule has 2 N–H and O–H groups in total. The number of amides is 1. The van der Waals surface area contributed by atoms with Gasteiger partial charge in [0.05, 0.1) is 12.1 Å². The van der Waals surface area contributed by atoms with Crippen molar-refractivity contribution in [3.05, 3.63) is 0 Å². The average Bonchev–Trinajstić information content (AvgIpc) is 2.73. The Morgan fingerprint density at radius 2 is 2.38 bits per heavy atom. The topological polar surface area (TPSA) is 59.6 Å². The van der Waals surface area contributed by atoms with Crippen LogP contribution in [-0.4, -0.2) is 51.5 Å². The van der Waals surface area contributed by atoms with E-state index in [1.54, 1.807) is 7.11 Å². The molecule has 0 bridgehead atoms. The summed E-state index contributed by atoms with van der Waals surface area (Å²) >= 11 is 0. The van der Waals surface area contributed by atoms with Gasteiger partial charge >= 0.3 is 0 Å². The highest BCUT2D eigenvalue weighted by Gasteiger charge is 2.33. The fourth-order valence-corrected chi connectivity index (χ4v) is 1.98. The van der Waals surface area contributed by atoms with Crippen LogP contribution in [0.1, 0.15) is 19.8 Å². The van der Waals surface area contributed by atoms with E-state index in [2.05, 4.69) is 10.6 Å². The lowest BCUT2D eigenvalue weighted by Gasteiger charge is -2.28. The molecule has 1 aliphatic heterocycles. The second-order valence-corrected chi connectivity index (χ2v) is 4.16. The van der Waals surface area contributed by atoms with Crippen LogP contribution in [0.15, 0.2) is 0 Å². The molecule has 1 fully saturated rings. The highest BCUT2D eigenvalue weighted by atomic mass is 16.5. The van der Waals surface area contributed by atoms with E-state index in [1.165, 1.54) is 0 Å². The predicted octanol–water partition coefficient (Wildman–Crippen LogP) is -0.0923. The van der Waals surface area contributed by atoms with Gasteiger partial charge in [-0.25, -0.2) is 0 Å². The largest absolute Gasteiger partial charge is 0.383 e. The summed E-state index contributed by atoms with van der Waals surface area (Å²) in [7, 11) is 1.68. The quantitative estimate of drug-likeness (QED) is 0.641. The van der Waals surface area contributed by atoms with Gasteiger partial charge in [0.15, 0.2) is 0 Å². The second-order valence-electron chi connectivity index (χ2n) is 4.16. The number of carbonyl (C=O) groups is 1. The molecule has 1 unspecified atom stereocenters. The van der Waals surface area contributed by atoms with Crippen LogP contribution in [0.25, 0.3) is 0 Å². The van der Waals surface area contributed by atoms with Crippen molar-refractivity contribution in [1.82, 2.24) is 10.6 Å². The lowest BCUT2D eigenvalue weighted by atomic mass is 9.99. The minimum Gasteiger partial charge on any atom is -0.383 e. The van der Waals surface area contributed by atoms with E-state index in [-0.39, 0.29) is 18.1 Å². The lowest BCUT2D eigenvalue weighted by Crippen LogP contribution is -2.53. The SMILES string of the molecule is CCOCC(=O)NCC1(COC)CCCN1. The summed E-state index contributed by atoms with van der Waals surface area (Å²) in [5, 5.41) is 6.28. The van der Waals surface area contributed by atoms with Crippen molar-refractivity contribution in [2.45, 2.75) is 25.3 Å². The molecule has 1 saturated heterocycles. The number of methoxy groups -OCH3 is 1. The van der Waals surface area contributed by atoms with Gasteiger partial charge < -0.3 is 20.1 Å². The van der Waals surface area contributed by atoms with E-state index in [1.807, 2.05) is 6.92 Å². The molecule has 1 aliphatic rings. The molecule has 1 rings (SSSR count). The Balaban J connectivity index is 2.29. The summed E-state index contributed by atoms with van der Waals surface area (Å²) in [5.41, 5.74) is -0.0867. The second kappa shape index (κ2) is 6.83. The van der Waals surface area contributed by atoms with Gasteiger partial charge in [0.1, 0.15) is 6.61 Å². The van der Waals surface area contributed by atoms with Crippen molar-refractivity contribution in [2.75, 3.05) is 40.0 Å². The van der Waals surface area contributed by atoms with Crippen LogP contribution < -0.4 is 10.6 Å². The number of carbonyl (C=O) groups excluding carboxylic acids is 1. The predicted molar refractivity (Wildman–Crippen MR) is 61.3 cm³/mol. The molecule has 0 aromatic heterocycles. The lowest BCUT2D eigenvalue weighted by molar-refractivity contribution is -0.125. The fourth-order valence-electron chi connectivity index (χ4n) is 1.98. The summed E-state index contributed by atoms with van der Waals surface area (Å²) in [6, 6.07) is 0. The first-order valence-electron chi connectivity index (χ1n) is 5.81. The molecule has 94 valence electrons. The number of hydrogen-bond acceptors (Lipinski definition) is 4. The first kappa shape index (κ1) is 13.4. The van der Waals surface area contributed by atoms with Gasteiger partial charge in [-0.2, -0.15) is 0 Å². The van der Waals surface area contributed by atoms with Gasteiger partial charge in [0.25, 0.3) is 0 Å². The average molecular weight is 230 g/mol. The van der Waals surface area contributed by atoms with Crippen molar-refractivity contribution < 1.29 is 14.3 Å². The van der Waals surface area contributed by atoms with Crippen molar-refractivity contribution in [2.24, 2.45) is 0 Å². The summed E-state index contributed by atoms with van der Waals surface area (Å²) in [6.45, 7) is 4.80. The van der Waals surface area contributed by atoms with E-state index in [0.717, 1.165) is 19.4 Å². The first-order valence-corrected chi connectivity index (χ1v) is 5.81. The Morgan fingerprint density at radius 3 is 2.94 bits per heavy atom. The van der Waals surface area contributed by atoms with Gasteiger partial charge in [-0.15, -0.1) is 0 Å². The molecule has 0 aromatic carbocycles. The molecule has 1 atom stereocenters. The Hall–Kier alpha value is -0.650. The van der Waals surface area contributed by atoms with Gasteiger partial charge in [-0.3, -0.25) is 4.79 Å². The molecule has 0 radical (unpaired) electrons. The molecular weight excluding hydrogens is 208 g/mol. The van der Waals surface area contributed by atoms with Crippen LogP contribution in [0.5, 0.6) is 0 Å². The summed E-state index contributed by atoms with van der Waals surface area (Å²) in [5.74, 6) is -0.0639. The molecule has 0 aliphatic carbocycles. The van der Waals surface area contributed by atoms with Crippen molar-refractivity contribution >= 4 is 5.91 Å². The normalized spacial score (nSPS) is 24.6. The Bertz CT molecular complexity index is 215. The summed E-state index contributed by atoms with van der Waals surface area (Å²) in [4.78, 5) is 11.4. The number of nitrogens with one attached hydrogen (secondary N) is 2. The van der Waals surface area contributed by atoms with Gasteiger partial charge in [0.2, 0.25) is 5.91 Å². The highest BCUT2D eigenvalue weighted by molar-refractivity contribution is 5.77. The Labute approximate surface area is 96.9 Å². The Kier molecular flexibility index (Phi) is 5.73. The zero-order valence-electron chi connectivity index (χ0n) is 10.2. The number of ether oxygens (including phenoxy) is 2. The summed E-state index contributed by atoms with van der Waals surface area (Å²) < 4.78 is 10.2. The molecule has 5 nitrogen and oxygen atoms in total. The maximum atomic E-state index is 11.4. The van der Waals surface area contributed by atoms with Gasteiger partial charge in [0, 0.05) is 20.3 Å². The third kappa shape index (κ3) is 4.08. The molecular formula is C11H22N2O3. The third-order valence-corrected chi connectivity index (χ3v) is 2.81. The standard InChI is InChI=1S/C11H22N2O3/c1-3-16-7-10(14)12-8-11(9-15-2)5-4-6-13-11/h13H,3-9H2,1-2H3,(H,12,14). The molecule has 1 amide bonds. The molecule has 0 saturated carbocycles. The van der Waals surface area contributed by atoms with E-state index >= 15 is 0 Å². The van der Waals surface area contributed by atoms with Crippen molar-refractivity contribution in [1.29, 1.82) is 0 Å². The number of hydrogen-bond donors (Lipinski definition) is 2. The van der Waals surface area contributed by atoms with Crippen LogP contribution in [-0.2, 0) is 14.3 Å². The van der Waals surface area contributed by atoms with Crippen LogP contribution in [0.4, 0.5) is 0 Å². The van der Waals surface area contributed by atoms with Gasteiger partial charge in [-0.05, 0) is 26.3 Å². The smallest absolute Gasteiger partial charge is 0.246 e. The minimum absolute atomic E-state index is 0.0639. The van der Waals surface area contributed by atoms with Crippen LogP contribution >= 0.6 is 0 Å². The monoisotopic (exact) mass is 230 g/mol. The fraction of sp³-hybridized carbons (Fsp3) is 0.909. The number of rotatable bonds is 7. The van der Waals surface area contributed by atoms with Crippen molar-refractivity contribution in [3.8, 4) is 0 Å². The maximum Gasteiger partial charge on any atom is 0.246 e. The van der Waals surface area contributed by atoms with Crippen LogP contribution in [0.2, 0.25) is 0 Å². The molecule has 0 spiro atoms. The summed E-state index contributed by atoms with van der Waals surface area (Å²) in [6.07, 6.45) is 2.17. The van der Waals surface area contributed by atoms with Crippen molar-refractivity contribution in [3.63, 3.8) is 0 Å².